The molecule has 0 aromatic carbocycles. The summed E-state index contributed by atoms with van der Waals surface area (Å²) in [5, 5.41) is 26.7. The molecule has 0 saturated carbocycles. The number of carboxylic acid groups (broad SMARTS) is 1. The monoisotopic (exact) mass is 176 g/mol. The van der Waals surface area contributed by atoms with Gasteiger partial charge in [0.2, 0.25) is 0 Å². The number of carboxylic acids is 1. The third-order valence-corrected chi connectivity index (χ3v) is 2.25. The van der Waals surface area contributed by atoms with Crippen LogP contribution in [0.15, 0.2) is 0 Å². The van der Waals surface area contributed by atoms with Crippen molar-refractivity contribution in [2.24, 2.45) is 5.41 Å². The van der Waals surface area contributed by atoms with E-state index in [-0.39, 0.29) is 12.8 Å². The summed E-state index contributed by atoms with van der Waals surface area (Å²) < 4.78 is 0. The Morgan fingerprint density at radius 3 is 2.00 bits per heavy atom. The van der Waals surface area contributed by atoms with Crippen LogP contribution in [-0.2, 0) is 4.79 Å². The number of aliphatic hydroxyl groups is 2. The first-order chi connectivity index (χ1) is 5.51. The fourth-order valence-corrected chi connectivity index (χ4v) is 1.30. The molecule has 0 aliphatic carbocycles. The Hall–Kier alpha value is -0.610. The predicted octanol–water partition coefficient (Wildman–Crippen LogP) is 0.578. The quantitative estimate of drug-likeness (QED) is 0.535. The van der Waals surface area contributed by atoms with Crippen LogP contribution in [0.25, 0.3) is 0 Å². The lowest BCUT2D eigenvalue weighted by atomic mass is 9.80. The van der Waals surface area contributed by atoms with E-state index in [2.05, 4.69) is 0 Å². The highest BCUT2D eigenvalue weighted by molar-refractivity contribution is 5.75. The summed E-state index contributed by atoms with van der Waals surface area (Å²) in [5.41, 5.74) is -1.38. The second-order valence-corrected chi connectivity index (χ2v) is 2.94. The highest BCUT2D eigenvalue weighted by atomic mass is 16.5. The lowest BCUT2D eigenvalue weighted by molar-refractivity contribution is -0.183. The van der Waals surface area contributed by atoms with Gasteiger partial charge in [0.15, 0.2) is 6.29 Å². The molecule has 0 radical (unpaired) electrons. The molecule has 4 heteroatoms. The zero-order chi connectivity index (χ0) is 9.78. The molecule has 1 unspecified atom stereocenters. The van der Waals surface area contributed by atoms with Gasteiger partial charge < -0.3 is 15.3 Å². The Labute approximate surface area is 71.8 Å². The van der Waals surface area contributed by atoms with Gasteiger partial charge in [-0.05, 0) is 12.8 Å². The summed E-state index contributed by atoms with van der Waals surface area (Å²) in [6.45, 7) is 3.46. The van der Waals surface area contributed by atoms with Gasteiger partial charge in [-0.3, -0.25) is 4.79 Å². The van der Waals surface area contributed by atoms with Crippen LogP contribution < -0.4 is 0 Å². The fraction of sp³-hybridized carbons (Fsp3) is 0.875. The van der Waals surface area contributed by atoms with Crippen molar-refractivity contribution in [1.82, 2.24) is 0 Å². The standard InChI is InChI=1S/C8H16O4/c1-3-5-8(4-2,6(9)10)7(11)12/h6,9-10H,3-5H2,1-2H3,(H,11,12). The number of rotatable bonds is 5. The summed E-state index contributed by atoms with van der Waals surface area (Å²) in [6.07, 6.45) is -0.637. The maximum Gasteiger partial charge on any atom is 0.314 e. The second-order valence-electron chi connectivity index (χ2n) is 2.94. The van der Waals surface area contributed by atoms with Gasteiger partial charge in [-0.1, -0.05) is 20.3 Å². The largest absolute Gasteiger partial charge is 0.481 e. The molecule has 0 aromatic rings. The third-order valence-electron chi connectivity index (χ3n) is 2.25. The SMILES string of the molecule is CCCC(CC)(C(=O)O)C(O)O. The molecule has 0 spiro atoms. The van der Waals surface area contributed by atoms with Gasteiger partial charge in [0.1, 0.15) is 5.41 Å². The minimum absolute atomic E-state index is 0.230. The number of hydrogen-bond donors (Lipinski definition) is 3. The van der Waals surface area contributed by atoms with Crippen molar-refractivity contribution in [3.05, 3.63) is 0 Å². The van der Waals surface area contributed by atoms with Crippen molar-refractivity contribution in [3.63, 3.8) is 0 Å². The maximum atomic E-state index is 10.8. The zero-order valence-electron chi connectivity index (χ0n) is 7.45. The molecule has 0 rings (SSSR count). The van der Waals surface area contributed by atoms with Gasteiger partial charge in [-0.2, -0.15) is 0 Å². The first-order valence-electron chi connectivity index (χ1n) is 4.10. The van der Waals surface area contributed by atoms with Gasteiger partial charge in [-0.25, -0.2) is 0 Å². The van der Waals surface area contributed by atoms with E-state index in [1.807, 2.05) is 6.92 Å². The fourth-order valence-electron chi connectivity index (χ4n) is 1.30. The molecule has 0 amide bonds. The van der Waals surface area contributed by atoms with E-state index in [0.29, 0.717) is 6.42 Å². The van der Waals surface area contributed by atoms with Crippen LogP contribution in [0.4, 0.5) is 0 Å². The number of hydrogen-bond acceptors (Lipinski definition) is 3. The smallest absolute Gasteiger partial charge is 0.314 e. The Morgan fingerprint density at radius 1 is 1.42 bits per heavy atom. The van der Waals surface area contributed by atoms with E-state index in [1.165, 1.54) is 0 Å². The molecule has 1 atom stereocenters. The molecule has 0 fully saturated rings. The molecule has 0 aromatic heterocycles. The van der Waals surface area contributed by atoms with Crippen molar-refractivity contribution >= 4 is 5.97 Å². The molecule has 0 bridgehead atoms. The molecule has 0 saturated heterocycles. The van der Waals surface area contributed by atoms with Crippen molar-refractivity contribution in [3.8, 4) is 0 Å². The first-order valence-corrected chi connectivity index (χ1v) is 4.10. The molecule has 12 heavy (non-hydrogen) atoms. The van der Waals surface area contributed by atoms with Crippen LogP contribution in [0.2, 0.25) is 0 Å². The average molecular weight is 176 g/mol. The molecular formula is C8H16O4. The lowest BCUT2D eigenvalue weighted by Gasteiger charge is -2.29. The van der Waals surface area contributed by atoms with Crippen LogP contribution >= 0.6 is 0 Å². The van der Waals surface area contributed by atoms with Crippen LogP contribution in [0, 0.1) is 5.41 Å². The highest BCUT2D eigenvalue weighted by Gasteiger charge is 2.42. The second kappa shape index (κ2) is 4.42. The van der Waals surface area contributed by atoms with Gasteiger partial charge in [0, 0.05) is 0 Å². The van der Waals surface area contributed by atoms with Crippen molar-refractivity contribution < 1.29 is 20.1 Å². The Kier molecular flexibility index (Phi) is 4.20. The predicted molar refractivity (Wildman–Crippen MR) is 43.5 cm³/mol. The van der Waals surface area contributed by atoms with E-state index in [9.17, 15) is 4.79 Å². The summed E-state index contributed by atoms with van der Waals surface area (Å²) in [6, 6.07) is 0. The molecule has 0 aliphatic rings. The normalized spacial score (nSPS) is 16.1. The molecule has 72 valence electrons. The van der Waals surface area contributed by atoms with Gasteiger partial charge >= 0.3 is 5.97 Å². The van der Waals surface area contributed by atoms with E-state index >= 15 is 0 Å². The van der Waals surface area contributed by atoms with Gasteiger partial charge in [0.05, 0.1) is 0 Å². The van der Waals surface area contributed by atoms with Crippen LogP contribution in [0.5, 0.6) is 0 Å². The minimum atomic E-state index is -1.78. The van der Waals surface area contributed by atoms with E-state index in [4.69, 9.17) is 15.3 Å². The summed E-state index contributed by atoms with van der Waals surface area (Å²) in [7, 11) is 0. The number of aliphatic hydroxyl groups excluding tert-OH is 1. The third kappa shape index (κ3) is 1.95. The summed E-state index contributed by atoms with van der Waals surface area (Å²) in [5.74, 6) is -1.14. The maximum absolute atomic E-state index is 10.8. The van der Waals surface area contributed by atoms with Crippen molar-refractivity contribution in [2.45, 2.75) is 39.4 Å². The summed E-state index contributed by atoms with van der Waals surface area (Å²) in [4.78, 5) is 10.8. The van der Waals surface area contributed by atoms with E-state index < -0.39 is 17.7 Å². The van der Waals surface area contributed by atoms with Crippen LogP contribution in [0.1, 0.15) is 33.1 Å². The van der Waals surface area contributed by atoms with Crippen molar-refractivity contribution in [1.29, 1.82) is 0 Å². The highest BCUT2D eigenvalue weighted by Crippen LogP contribution is 2.31. The van der Waals surface area contributed by atoms with E-state index in [1.54, 1.807) is 6.92 Å². The van der Waals surface area contributed by atoms with Crippen LogP contribution in [0.3, 0.4) is 0 Å². The minimum Gasteiger partial charge on any atom is -0.481 e. The number of aliphatic carboxylic acids is 1. The Bertz CT molecular complexity index is 155. The molecule has 4 nitrogen and oxygen atoms in total. The van der Waals surface area contributed by atoms with Gasteiger partial charge in [-0.15, -0.1) is 0 Å². The number of carbonyl (C=O) groups is 1. The lowest BCUT2D eigenvalue weighted by Crippen LogP contribution is -2.41. The van der Waals surface area contributed by atoms with Crippen molar-refractivity contribution in [2.75, 3.05) is 0 Å². The summed E-state index contributed by atoms with van der Waals surface area (Å²) >= 11 is 0. The first kappa shape index (κ1) is 11.4. The van der Waals surface area contributed by atoms with Gasteiger partial charge in [0.25, 0.3) is 0 Å². The van der Waals surface area contributed by atoms with E-state index in [0.717, 1.165) is 0 Å². The zero-order valence-corrected chi connectivity index (χ0v) is 7.45. The molecule has 0 aliphatic heterocycles. The topological polar surface area (TPSA) is 77.8 Å². The molecule has 0 heterocycles. The molecule has 3 N–H and O–H groups in total. The average Bonchev–Trinajstić information content (AvgIpc) is 1.98. The molecular weight excluding hydrogens is 160 g/mol. The van der Waals surface area contributed by atoms with Crippen LogP contribution in [-0.4, -0.2) is 27.6 Å². The Balaban J connectivity index is 4.63. The Morgan fingerprint density at radius 2 is 1.92 bits per heavy atom.